The molecule has 4 fully saturated rings. The molecule has 0 aromatic heterocycles. The summed E-state index contributed by atoms with van der Waals surface area (Å²) in [6, 6.07) is -0.0508. The van der Waals surface area contributed by atoms with Gasteiger partial charge in [0.2, 0.25) is 12.6 Å². The highest BCUT2D eigenvalue weighted by molar-refractivity contribution is 5.78. The number of carbonyl (C=O) groups is 2. The molecular weight excluding hydrogens is 440 g/mol. The van der Waals surface area contributed by atoms with Crippen LogP contribution in [-0.2, 0) is 18.9 Å². The number of hydrogen-bond acceptors (Lipinski definition) is 6. The number of fused-ring (bicyclic) bond motifs is 2. The summed E-state index contributed by atoms with van der Waals surface area (Å²) in [6.07, 6.45) is 4.23. The van der Waals surface area contributed by atoms with Crippen LogP contribution in [0.25, 0.3) is 0 Å². The Morgan fingerprint density at radius 3 is 0.941 bits per heavy atom. The van der Waals surface area contributed by atoms with E-state index in [-0.39, 0.29) is 12.1 Å². The van der Waals surface area contributed by atoms with E-state index in [0.717, 1.165) is 51.4 Å². The highest BCUT2D eigenvalue weighted by Crippen LogP contribution is 2.40. The summed E-state index contributed by atoms with van der Waals surface area (Å²) >= 11 is 0. The number of amides is 4. The van der Waals surface area contributed by atoms with Crippen LogP contribution < -0.4 is 0 Å². The molecule has 0 N–H and O–H groups in total. The van der Waals surface area contributed by atoms with Crippen molar-refractivity contribution in [3.63, 3.8) is 0 Å². The second kappa shape index (κ2) is 11.4. The summed E-state index contributed by atoms with van der Waals surface area (Å²) < 4.78 is 25.0. The average molecular weight is 483 g/mol. The minimum absolute atomic E-state index is 0.0254. The van der Waals surface area contributed by atoms with Crippen molar-refractivity contribution >= 4 is 12.1 Å². The summed E-state index contributed by atoms with van der Waals surface area (Å²) in [4.78, 5) is 33.2. The summed E-state index contributed by atoms with van der Waals surface area (Å²) in [7, 11) is 0. The Hall–Kier alpha value is -1.62. The van der Waals surface area contributed by atoms with Crippen LogP contribution in [0.4, 0.5) is 9.59 Å². The van der Waals surface area contributed by atoms with Crippen LogP contribution in [0, 0.1) is 0 Å². The Balaban J connectivity index is 1.46. The molecule has 0 radical (unpaired) electrons. The topological polar surface area (TPSA) is 84.0 Å². The molecule has 0 unspecified atom stereocenters. The first-order valence-corrected chi connectivity index (χ1v) is 13.3. The summed E-state index contributed by atoms with van der Waals surface area (Å²) in [5.74, 6) is 0. The molecule has 4 rings (SSSR count). The fourth-order valence-corrected chi connectivity index (χ4v) is 5.02. The lowest BCUT2D eigenvalue weighted by atomic mass is 10.3. The first-order chi connectivity index (χ1) is 16.5. The van der Waals surface area contributed by atoms with E-state index in [4.69, 9.17) is 18.9 Å². The van der Waals surface area contributed by atoms with Crippen molar-refractivity contribution < 1.29 is 28.5 Å². The minimum Gasteiger partial charge on any atom is -0.319 e. The van der Waals surface area contributed by atoms with Crippen molar-refractivity contribution in [3.05, 3.63) is 0 Å². The van der Waals surface area contributed by atoms with Gasteiger partial charge in [-0.25, -0.2) is 9.59 Å². The Kier molecular flexibility index (Phi) is 8.55. The lowest BCUT2D eigenvalue weighted by molar-refractivity contribution is -0.242. The van der Waals surface area contributed by atoms with Crippen molar-refractivity contribution in [1.82, 2.24) is 19.6 Å². The minimum atomic E-state index is -0.752. The lowest BCUT2D eigenvalue weighted by Gasteiger charge is -2.28. The van der Waals surface area contributed by atoms with Gasteiger partial charge in [0.25, 0.3) is 0 Å². The van der Waals surface area contributed by atoms with Crippen molar-refractivity contribution in [2.24, 2.45) is 0 Å². The van der Waals surface area contributed by atoms with E-state index in [1.54, 1.807) is 19.6 Å². The van der Waals surface area contributed by atoms with Gasteiger partial charge >= 0.3 is 12.1 Å². The molecule has 0 aromatic rings. The predicted molar refractivity (Wildman–Crippen MR) is 124 cm³/mol. The Morgan fingerprint density at radius 1 is 0.500 bits per heavy atom. The maximum Gasteiger partial charge on any atom is 0.324 e. The van der Waals surface area contributed by atoms with Crippen molar-refractivity contribution in [2.75, 3.05) is 26.2 Å². The van der Waals surface area contributed by atoms with Crippen molar-refractivity contribution in [2.45, 2.75) is 117 Å². The van der Waals surface area contributed by atoms with E-state index in [1.165, 1.54) is 0 Å². The molecular formula is C24H42N4O6. The summed E-state index contributed by atoms with van der Waals surface area (Å²) in [5.41, 5.74) is 0. The first-order valence-electron chi connectivity index (χ1n) is 13.3. The average Bonchev–Trinajstić information content (AvgIpc) is 3.55. The second-order valence-corrected chi connectivity index (χ2v) is 9.60. The molecule has 4 aliphatic rings. The van der Waals surface area contributed by atoms with Gasteiger partial charge in [0, 0.05) is 26.2 Å². The standard InChI is InChI=1S/C24H42N4O6/c1-5-9-13-25-17-18(26(23(25)29)14-10-6-2)32-21(31-17)22-33-19-20(34-22)28(16-12-8-4)24(30)27(19)15-11-7-3/h17-22H,5-16H2,1-4H3/t17-,18-,19-,20-/m1/s1. The van der Waals surface area contributed by atoms with E-state index < -0.39 is 37.5 Å². The largest absolute Gasteiger partial charge is 0.324 e. The van der Waals surface area contributed by atoms with Gasteiger partial charge in [-0.05, 0) is 25.7 Å². The molecule has 4 aliphatic heterocycles. The van der Waals surface area contributed by atoms with Gasteiger partial charge in [-0.2, -0.15) is 0 Å². The molecule has 10 nitrogen and oxygen atoms in total. The van der Waals surface area contributed by atoms with Gasteiger partial charge in [-0.3, -0.25) is 19.6 Å². The molecule has 4 amide bonds. The molecule has 4 saturated heterocycles. The number of nitrogens with zero attached hydrogens (tertiary/aromatic N) is 4. The third-order valence-electron chi connectivity index (χ3n) is 7.03. The summed E-state index contributed by atoms with van der Waals surface area (Å²) in [6.45, 7) is 11.0. The molecule has 0 saturated carbocycles. The number of urea groups is 2. The first kappa shape index (κ1) is 25.5. The number of rotatable bonds is 13. The molecule has 0 spiro atoms. The van der Waals surface area contributed by atoms with E-state index in [2.05, 4.69) is 27.7 Å². The third-order valence-corrected chi connectivity index (χ3v) is 7.03. The van der Waals surface area contributed by atoms with Gasteiger partial charge in [0.1, 0.15) is 0 Å². The molecule has 34 heavy (non-hydrogen) atoms. The molecule has 10 heteroatoms. The molecule has 4 atom stereocenters. The monoisotopic (exact) mass is 482 g/mol. The molecule has 194 valence electrons. The smallest absolute Gasteiger partial charge is 0.319 e. The highest BCUT2D eigenvalue weighted by Gasteiger charge is 2.60. The number of carbonyl (C=O) groups excluding carboxylic acids is 2. The second-order valence-electron chi connectivity index (χ2n) is 9.60. The lowest BCUT2D eigenvalue weighted by Crippen LogP contribution is -2.43. The third kappa shape index (κ3) is 4.74. The SMILES string of the molecule is CCCCN1C(=O)N(CCCC)[C@@H]2OC(C3O[C@@H]4[C@@H](O3)N(CCCC)C(=O)N4CCCC)O[C@H]21. The zero-order valence-electron chi connectivity index (χ0n) is 21.2. The van der Waals surface area contributed by atoms with Crippen LogP contribution in [0.15, 0.2) is 0 Å². The van der Waals surface area contributed by atoms with E-state index in [9.17, 15) is 9.59 Å². The van der Waals surface area contributed by atoms with Gasteiger partial charge in [0.05, 0.1) is 0 Å². The number of unbranched alkanes of at least 4 members (excludes halogenated alkanes) is 4. The van der Waals surface area contributed by atoms with Crippen molar-refractivity contribution in [1.29, 1.82) is 0 Å². The van der Waals surface area contributed by atoms with E-state index >= 15 is 0 Å². The van der Waals surface area contributed by atoms with Crippen LogP contribution >= 0.6 is 0 Å². The summed E-state index contributed by atoms with van der Waals surface area (Å²) in [5, 5.41) is 0. The highest BCUT2D eigenvalue weighted by atomic mass is 16.8. The van der Waals surface area contributed by atoms with Gasteiger partial charge in [-0.1, -0.05) is 53.4 Å². The zero-order valence-corrected chi connectivity index (χ0v) is 21.2. The van der Waals surface area contributed by atoms with Crippen LogP contribution in [0.2, 0.25) is 0 Å². The molecule has 4 heterocycles. The number of hydrogen-bond donors (Lipinski definition) is 0. The van der Waals surface area contributed by atoms with Crippen LogP contribution in [0.5, 0.6) is 0 Å². The Bertz CT molecular complexity index is 601. The van der Waals surface area contributed by atoms with E-state index in [0.29, 0.717) is 26.2 Å². The fraction of sp³-hybridized carbons (Fsp3) is 0.917. The van der Waals surface area contributed by atoms with E-state index in [1.807, 2.05) is 0 Å². The predicted octanol–water partition coefficient (Wildman–Crippen LogP) is 3.71. The maximum atomic E-state index is 13.0. The number of ether oxygens (including phenoxy) is 4. The normalized spacial score (nSPS) is 29.8. The quantitative estimate of drug-likeness (QED) is 0.398. The van der Waals surface area contributed by atoms with Gasteiger partial charge in [0.15, 0.2) is 24.9 Å². The molecule has 0 bridgehead atoms. The van der Waals surface area contributed by atoms with Crippen molar-refractivity contribution in [3.8, 4) is 0 Å². The fourth-order valence-electron chi connectivity index (χ4n) is 5.02. The Morgan fingerprint density at radius 2 is 0.735 bits per heavy atom. The van der Waals surface area contributed by atoms with Gasteiger partial charge < -0.3 is 18.9 Å². The zero-order chi connectivity index (χ0) is 24.2. The maximum absolute atomic E-state index is 13.0. The van der Waals surface area contributed by atoms with Crippen LogP contribution in [0.3, 0.4) is 0 Å². The molecule has 0 aliphatic carbocycles. The Labute approximate surface area is 203 Å². The van der Waals surface area contributed by atoms with Gasteiger partial charge in [-0.15, -0.1) is 0 Å². The van der Waals surface area contributed by atoms with Crippen LogP contribution in [-0.4, -0.2) is 95.3 Å². The molecule has 0 aromatic carbocycles. The van der Waals surface area contributed by atoms with Crippen LogP contribution in [0.1, 0.15) is 79.1 Å².